The lowest BCUT2D eigenvalue weighted by Crippen LogP contribution is -2.41. The molecular formula is C12H19NO3. The Bertz CT molecular complexity index is 278. The summed E-state index contributed by atoms with van der Waals surface area (Å²) in [5.74, 6) is -0.128. The summed E-state index contributed by atoms with van der Waals surface area (Å²) in [5, 5.41) is 8.85. The van der Waals surface area contributed by atoms with Crippen LogP contribution in [0.4, 0.5) is 0 Å². The van der Waals surface area contributed by atoms with Crippen molar-refractivity contribution < 1.29 is 14.7 Å². The van der Waals surface area contributed by atoms with E-state index < -0.39 is 5.97 Å². The van der Waals surface area contributed by atoms with Crippen molar-refractivity contribution in [3.63, 3.8) is 0 Å². The summed E-state index contributed by atoms with van der Waals surface area (Å²) in [4.78, 5) is 24.5. The van der Waals surface area contributed by atoms with Crippen LogP contribution in [-0.2, 0) is 9.59 Å². The third-order valence-electron chi connectivity index (χ3n) is 3.88. The first-order valence-corrected chi connectivity index (χ1v) is 6.17. The maximum Gasteiger partial charge on any atom is 0.306 e. The number of likely N-dealkylation sites (tertiary alicyclic amines) is 1. The summed E-state index contributed by atoms with van der Waals surface area (Å²) >= 11 is 0. The molecule has 1 aliphatic carbocycles. The molecule has 2 fully saturated rings. The van der Waals surface area contributed by atoms with Crippen LogP contribution >= 0.6 is 0 Å². The molecule has 0 spiro atoms. The molecule has 0 atom stereocenters. The van der Waals surface area contributed by atoms with Crippen LogP contribution in [0, 0.1) is 11.8 Å². The van der Waals surface area contributed by atoms with Crippen molar-refractivity contribution in [2.24, 2.45) is 11.8 Å². The van der Waals surface area contributed by atoms with Gasteiger partial charge >= 0.3 is 5.97 Å². The third-order valence-corrected chi connectivity index (χ3v) is 3.88. The second-order valence-corrected chi connectivity index (χ2v) is 4.99. The van der Waals surface area contributed by atoms with Crippen LogP contribution in [-0.4, -0.2) is 35.0 Å². The van der Waals surface area contributed by atoms with E-state index in [4.69, 9.17) is 5.11 Å². The van der Waals surface area contributed by atoms with Crippen molar-refractivity contribution in [2.75, 3.05) is 13.1 Å². The van der Waals surface area contributed by atoms with Crippen LogP contribution in [0.1, 0.15) is 38.5 Å². The number of carboxylic acid groups (broad SMARTS) is 1. The summed E-state index contributed by atoms with van der Waals surface area (Å²) < 4.78 is 0. The van der Waals surface area contributed by atoms with E-state index in [9.17, 15) is 9.59 Å². The zero-order chi connectivity index (χ0) is 11.5. The molecule has 90 valence electrons. The minimum atomic E-state index is -0.717. The molecule has 0 aromatic carbocycles. The Morgan fingerprint density at radius 1 is 1.12 bits per heavy atom. The van der Waals surface area contributed by atoms with Crippen LogP contribution in [0.25, 0.3) is 0 Å². The Morgan fingerprint density at radius 3 is 2.19 bits per heavy atom. The van der Waals surface area contributed by atoms with Crippen molar-refractivity contribution in [2.45, 2.75) is 38.5 Å². The van der Waals surface area contributed by atoms with E-state index >= 15 is 0 Å². The molecule has 0 unspecified atom stereocenters. The number of hydrogen-bond acceptors (Lipinski definition) is 2. The van der Waals surface area contributed by atoms with Crippen LogP contribution < -0.4 is 0 Å². The number of amides is 1. The Morgan fingerprint density at radius 2 is 1.75 bits per heavy atom. The molecule has 1 heterocycles. The van der Waals surface area contributed by atoms with Crippen LogP contribution in [0.3, 0.4) is 0 Å². The molecular weight excluding hydrogens is 206 g/mol. The van der Waals surface area contributed by atoms with Gasteiger partial charge in [0.2, 0.25) is 5.91 Å². The Hall–Kier alpha value is -1.06. The van der Waals surface area contributed by atoms with Gasteiger partial charge in [-0.05, 0) is 31.6 Å². The van der Waals surface area contributed by atoms with Crippen LogP contribution in [0.5, 0.6) is 0 Å². The van der Waals surface area contributed by atoms with E-state index in [-0.39, 0.29) is 11.8 Å². The van der Waals surface area contributed by atoms with Gasteiger partial charge in [0.1, 0.15) is 0 Å². The second kappa shape index (κ2) is 4.85. The number of carbonyl (C=O) groups is 2. The van der Waals surface area contributed by atoms with Gasteiger partial charge in [-0.2, -0.15) is 0 Å². The molecule has 0 aromatic heterocycles. The SMILES string of the molecule is O=C(O)C1CCN(C(=O)CC2CCC2)CC1. The molecule has 1 N–H and O–H groups in total. The predicted octanol–water partition coefficient (Wildman–Crippen LogP) is 1.50. The number of nitrogens with zero attached hydrogens (tertiary/aromatic N) is 1. The summed E-state index contributed by atoms with van der Waals surface area (Å²) in [6.07, 6.45) is 5.56. The minimum absolute atomic E-state index is 0.230. The minimum Gasteiger partial charge on any atom is -0.481 e. The van der Waals surface area contributed by atoms with Crippen LogP contribution in [0.15, 0.2) is 0 Å². The molecule has 1 saturated carbocycles. The predicted molar refractivity (Wildman–Crippen MR) is 58.9 cm³/mol. The smallest absolute Gasteiger partial charge is 0.306 e. The van der Waals surface area contributed by atoms with E-state index in [1.54, 1.807) is 0 Å². The van der Waals surface area contributed by atoms with Crippen LogP contribution in [0.2, 0.25) is 0 Å². The number of carbonyl (C=O) groups excluding carboxylic acids is 1. The summed E-state index contributed by atoms with van der Waals surface area (Å²) in [7, 11) is 0. The third kappa shape index (κ3) is 2.54. The highest BCUT2D eigenvalue weighted by atomic mass is 16.4. The first-order valence-electron chi connectivity index (χ1n) is 6.17. The van der Waals surface area contributed by atoms with Gasteiger partial charge in [0.05, 0.1) is 5.92 Å². The lowest BCUT2D eigenvalue weighted by atomic mass is 9.82. The van der Waals surface area contributed by atoms with E-state index in [0.29, 0.717) is 38.3 Å². The average Bonchev–Trinajstić information content (AvgIpc) is 2.23. The number of aliphatic carboxylic acids is 1. The molecule has 1 saturated heterocycles. The molecule has 2 aliphatic rings. The Labute approximate surface area is 95.6 Å². The number of hydrogen-bond donors (Lipinski definition) is 1. The fraction of sp³-hybridized carbons (Fsp3) is 0.833. The first kappa shape index (κ1) is 11.4. The van der Waals surface area contributed by atoms with Crippen molar-refractivity contribution in [3.05, 3.63) is 0 Å². The standard InChI is InChI=1S/C12H19NO3/c14-11(8-9-2-1-3-9)13-6-4-10(5-7-13)12(15)16/h9-10H,1-8H2,(H,15,16). The molecule has 0 aromatic rings. The summed E-state index contributed by atoms with van der Waals surface area (Å²) in [6, 6.07) is 0. The molecule has 4 nitrogen and oxygen atoms in total. The highest BCUT2D eigenvalue weighted by Gasteiger charge is 2.29. The van der Waals surface area contributed by atoms with Gasteiger partial charge in [0, 0.05) is 19.5 Å². The number of rotatable bonds is 3. The van der Waals surface area contributed by atoms with Gasteiger partial charge in [0.15, 0.2) is 0 Å². The van der Waals surface area contributed by atoms with Gasteiger partial charge in [-0.25, -0.2) is 0 Å². The fourth-order valence-corrected chi connectivity index (χ4v) is 2.45. The number of piperidine rings is 1. The molecule has 0 bridgehead atoms. The fourth-order valence-electron chi connectivity index (χ4n) is 2.45. The lowest BCUT2D eigenvalue weighted by Gasteiger charge is -2.33. The normalized spacial score (nSPS) is 22.9. The van der Waals surface area contributed by atoms with Crippen molar-refractivity contribution in [1.82, 2.24) is 4.90 Å². The van der Waals surface area contributed by atoms with Gasteiger partial charge in [0.25, 0.3) is 0 Å². The summed E-state index contributed by atoms with van der Waals surface area (Å²) in [6.45, 7) is 1.26. The summed E-state index contributed by atoms with van der Waals surface area (Å²) in [5.41, 5.74) is 0. The highest BCUT2D eigenvalue weighted by molar-refractivity contribution is 5.77. The Balaban J connectivity index is 1.74. The van der Waals surface area contributed by atoms with Crippen molar-refractivity contribution in [1.29, 1.82) is 0 Å². The Kier molecular flexibility index (Phi) is 3.46. The van der Waals surface area contributed by atoms with Crippen molar-refractivity contribution in [3.8, 4) is 0 Å². The zero-order valence-electron chi connectivity index (χ0n) is 9.52. The molecule has 2 rings (SSSR count). The molecule has 4 heteroatoms. The average molecular weight is 225 g/mol. The van der Waals surface area contributed by atoms with E-state index in [1.807, 2.05) is 4.90 Å². The maximum absolute atomic E-state index is 11.9. The zero-order valence-corrected chi connectivity index (χ0v) is 9.52. The number of carboxylic acids is 1. The molecule has 1 aliphatic heterocycles. The second-order valence-electron chi connectivity index (χ2n) is 4.99. The lowest BCUT2D eigenvalue weighted by molar-refractivity contribution is -0.146. The van der Waals surface area contributed by atoms with E-state index in [0.717, 1.165) is 0 Å². The van der Waals surface area contributed by atoms with Gasteiger partial charge in [-0.1, -0.05) is 6.42 Å². The molecule has 0 radical (unpaired) electrons. The highest BCUT2D eigenvalue weighted by Crippen LogP contribution is 2.30. The van der Waals surface area contributed by atoms with E-state index in [1.165, 1.54) is 19.3 Å². The quantitative estimate of drug-likeness (QED) is 0.791. The van der Waals surface area contributed by atoms with Gasteiger partial charge in [-0.15, -0.1) is 0 Å². The van der Waals surface area contributed by atoms with Gasteiger partial charge < -0.3 is 10.0 Å². The largest absolute Gasteiger partial charge is 0.481 e. The van der Waals surface area contributed by atoms with E-state index in [2.05, 4.69) is 0 Å². The van der Waals surface area contributed by atoms with Gasteiger partial charge in [-0.3, -0.25) is 9.59 Å². The maximum atomic E-state index is 11.9. The van der Waals surface area contributed by atoms with Crippen molar-refractivity contribution >= 4 is 11.9 Å². The topological polar surface area (TPSA) is 57.6 Å². The molecule has 16 heavy (non-hydrogen) atoms. The monoisotopic (exact) mass is 225 g/mol. The first-order chi connectivity index (χ1) is 7.66. The molecule has 1 amide bonds.